The summed E-state index contributed by atoms with van der Waals surface area (Å²) in [5.74, 6) is -0.632. The van der Waals surface area contributed by atoms with Crippen LogP contribution in [0.1, 0.15) is 59.1 Å². The van der Waals surface area contributed by atoms with Gasteiger partial charge < -0.3 is 14.1 Å². The van der Waals surface area contributed by atoms with E-state index >= 15 is 0 Å². The average Bonchev–Trinajstić information content (AvgIpc) is 3.00. The predicted octanol–water partition coefficient (Wildman–Crippen LogP) is 4.91. The molecule has 2 heterocycles. The Balaban J connectivity index is 1.83. The van der Waals surface area contributed by atoms with Crippen LogP contribution in [0.15, 0.2) is 45.6 Å². The number of carbonyl (C=O) groups is 1. The van der Waals surface area contributed by atoms with Crippen LogP contribution in [0.25, 0.3) is 11.0 Å². The van der Waals surface area contributed by atoms with Crippen LogP contribution in [0.2, 0.25) is 0 Å². The first-order chi connectivity index (χ1) is 14.8. The summed E-state index contributed by atoms with van der Waals surface area (Å²) in [5, 5.41) is 0.451. The van der Waals surface area contributed by atoms with Crippen molar-refractivity contribution in [2.45, 2.75) is 46.3 Å². The number of rotatable bonds is 6. The molecule has 0 N–H and O–H groups in total. The molecule has 5 nitrogen and oxygen atoms in total. The zero-order valence-electron chi connectivity index (χ0n) is 18.2. The Bertz CT molecular complexity index is 1200. The maximum Gasteiger partial charge on any atom is 0.290 e. The number of nitrogens with zero attached hydrogens (tertiary/aromatic N) is 1. The van der Waals surface area contributed by atoms with Gasteiger partial charge in [0.2, 0.25) is 5.76 Å². The van der Waals surface area contributed by atoms with Crippen LogP contribution in [-0.4, -0.2) is 30.1 Å². The van der Waals surface area contributed by atoms with Crippen LogP contribution in [0.3, 0.4) is 0 Å². The summed E-state index contributed by atoms with van der Waals surface area (Å²) in [6.07, 6.45) is 0.709. The zero-order chi connectivity index (χ0) is 22.3. The van der Waals surface area contributed by atoms with Crippen molar-refractivity contribution in [3.05, 3.63) is 80.5 Å². The topological polar surface area (TPSA) is 59.8 Å². The highest BCUT2D eigenvalue weighted by Crippen LogP contribution is 2.38. The van der Waals surface area contributed by atoms with Gasteiger partial charge in [-0.25, -0.2) is 4.39 Å². The Kier molecular flexibility index (Phi) is 5.67. The number of amides is 1. The Hall–Kier alpha value is -2.99. The fraction of sp³-hybridized carbons (Fsp3) is 0.360. The fourth-order valence-electron chi connectivity index (χ4n) is 4.05. The standard InChI is InChI=1S/C25H26FNO4/c1-14(2)30-11-5-10-27-22(17-6-8-18(26)9-7-17)21-23(28)19-12-15(3)16(4)13-20(19)31-24(21)25(27)29/h6-9,12-14,22H,5,10-11H2,1-4H3/t22-/m1/s1. The number of hydrogen-bond donors (Lipinski definition) is 0. The van der Waals surface area contributed by atoms with Gasteiger partial charge >= 0.3 is 0 Å². The van der Waals surface area contributed by atoms with Crippen LogP contribution in [0.4, 0.5) is 4.39 Å². The van der Waals surface area contributed by atoms with E-state index < -0.39 is 6.04 Å². The normalized spacial score (nSPS) is 15.9. The minimum Gasteiger partial charge on any atom is -0.450 e. The molecular formula is C25H26FNO4. The molecule has 0 saturated heterocycles. The molecule has 162 valence electrons. The van der Waals surface area contributed by atoms with Crippen molar-refractivity contribution < 1.29 is 18.3 Å². The molecule has 0 bridgehead atoms. The lowest BCUT2D eigenvalue weighted by Gasteiger charge is -2.25. The van der Waals surface area contributed by atoms with Crippen LogP contribution in [0, 0.1) is 19.7 Å². The van der Waals surface area contributed by atoms with Gasteiger partial charge in [-0.05, 0) is 75.1 Å². The van der Waals surface area contributed by atoms with E-state index in [2.05, 4.69) is 0 Å². The summed E-state index contributed by atoms with van der Waals surface area (Å²) in [7, 11) is 0. The largest absolute Gasteiger partial charge is 0.450 e. The molecule has 0 radical (unpaired) electrons. The van der Waals surface area contributed by atoms with Gasteiger partial charge in [0.25, 0.3) is 5.91 Å². The molecule has 0 unspecified atom stereocenters. The van der Waals surface area contributed by atoms with Gasteiger partial charge in [0, 0.05) is 13.2 Å². The third kappa shape index (κ3) is 3.88. The molecule has 0 saturated carbocycles. The quantitative estimate of drug-likeness (QED) is 0.529. The first-order valence-electron chi connectivity index (χ1n) is 10.5. The molecule has 1 atom stereocenters. The van der Waals surface area contributed by atoms with Crippen molar-refractivity contribution in [3.8, 4) is 0 Å². The Morgan fingerprint density at radius 2 is 1.77 bits per heavy atom. The summed E-state index contributed by atoms with van der Waals surface area (Å²) in [6.45, 7) is 8.67. The van der Waals surface area contributed by atoms with Crippen LogP contribution >= 0.6 is 0 Å². The van der Waals surface area contributed by atoms with Gasteiger partial charge in [-0.15, -0.1) is 0 Å². The van der Waals surface area contributed by atoms with E-state index in [0.717, 1.165) is 11.1 Å². The van der Waals surface area contributed by atoms with Crippen molar-refractivity contribution in [3.63, 3.8) is 0 Å². The maximum absolute atomic E-state index is 13.6. The number of hydrogen-bond acceptors (Lipinski definition) is 4. The molecule has 1 aliphatic heterocycles. The minimum atomic E-state index is -0.621. The van der Waals surface area contributed by atoms with Crippen LogP contribution in [-0.2, 0) is 4.74 Å². The third-order valence-electron chi connectivity index (χ3n) is 5.76. The second-order valence-corrected chi connectivity index (χ2v) is 8.33. The number of aryl methyl sites for hydroxylation is 2. The highest BCUT2D eigenvalue weighted by molar-refractivity contribution is 5.99. The molecule has 3 aromatic rings. The fourth-order valence-corrected chi connectivity index (χ4v) is 4.05. The smallest absolute Gasteiger partial charge is 0.290 e. The van der Waals surface area contributed by atoms with Gasteiger partial charge in [0.1, 0.15) is 11.4 Å². The van der Waals surface area contributed by atoms with E-state index in [1.165, 1.54) is 12.1 Å². The second-order valence-electron chi connectivity index (χ2n) is 8.33. The lowest BCUT2D eigenvalue weighted by atomic mass is 9.97. The molecule has 0 fully saturated rings. The van der Waals surface area contributed by atoms with Crippen molar-refractivity contribution in [1.82, 2.24) is 4.90 Å². The maximum atomic E-state index is 13.6. The molecule has 1 aromatic heterocycles. The molecule has 0 spiro atoms. The minimum absolute atomic E-state index is 0.0693. The van der Waals surface area contributed by atoms with Gasteiger partial charge in [0.05, 0.1) is 23.1 Å². The molecule has 2 aromatic carbocycles. The van der Waals surface area contributed by atoms with Gasteiger partial charge in [-0.1, -0.05) is 12.1 Å². The molecule has 0 aliphatic carbocycles. The lowest BCUT2D eigenvalue weighted by Crippen LogP contribution is -2.31. The third-order valence-corrected chi connectivity index (χ3v) is 5.76. The summed E-state index contributed by atoms with van der Waals surface area (Å²) in [6, 6.07) is 8.90. The first-order valence-corrected chi connectivity index (χ1v) is 10.5. The van der Waals surface area contributed by atoms with Crippen molar-refractivity contribution in [2.24, 2.45) is 0 Å². The van der Waals surface area contributed by atoms with E-state index in [-0.39, 0.29) is 29.0 Å². The zero-order valence-corrected chi connectivity index (χ0v) is 18.2. The average molecular weight is 423 g/mol. The summed E-state index contributed by atoms with van der Waals surface area (Å²) >= 11 is 0. The first kappa shape index (κ1) is 21.2. The van der Waals surface area contributed by atoms with Gasteiger partial charge in [-0.3, -0.25) is 9.59 Å². The monoisotopic (exact) mass is 423 g/mol. The van der Waals surface area contributed by atoms with E-state index in [1.807, 2.05) is 33.8 Å². The van der Waals surface area contributed by atoms with Crippen molar-refractivity contribution in [2.75, 3.05) is 13.2 Å². The Labute approximate surface area is 180 Å². The molecular weight excluding hydrogens is 397 g/mol. The van der Waals surface area contributed by atoms with Crippen LogP contribution < -0.4 is 5.43 Å². The van der Waals surface area contributed by atoms with Gasteiger partial charge in [0.15, 0.2) is 5.43 Å². The molecule has 1 amide bonds. The van der Waals surface area contributed by atoms with Gasteiger partial charge in [-0.2, -0.15) is 0 Å². The SMILES string of the molecule is Cc1cc2oc3c(c(=O)c2cc1C)[C@@H](c1ccc(F)cc1)N(CCCOC(C)C)C3=O. The summed E-state index contributed by atoms with van der Waals surface area (Å²) in [4.78, 5) is 28.4. The van der Waals surface area contributed by atoms with Crippen LogP contribution in [0.5, 0.6) is 0 Å². The number of carbonyl (C=O) groups excluding carboxylic acids is 1. The highest BCUT2D eigenvalue weighted by Gasteiger charge is 2.42. The van der Waals surface area contributed by atoms with E-state index in [9.17, 15) is 14.0 Å². The Morgan fingerprint density at radius 1 is 1.10 bits per heavy atom. The number of benzene rings is 2. The number of ether oxygens (including phenoxy) is 1. The van der Waals surface area contributed by atoms with Crippen molar-refractivity contribution in [1.29, 1.82) is 0 Å². The molecule has 4 rings (SSSR count). The molecule has 6 heteroatoms. The number of halogens is 1. The lowest BCUT2D eigenvalue weighted by molar-refractivity contribution is 0.0593. The Morgan fingerprint density at radius 3 is 2.45 bits per heavy atom. The van der Waals surface area contributed by atoms with E-state index in [4.69, 9.17) is 9.15 Å². The van der Waals surface area contributed by atoms with Crippen molar-refractivity contribution >= 4 is 16.9 Å². The predicted molar refractivity (Wildman–Crippen MR) is 117 cm³/mol. The summed E-state index contributed by atoms with van der Waals surface area (Å²) in [5.41, 5.74) is 3.14. The molecule has 31 heavy (non-hydrogen) atoms. The van der Waals surface area contributed by atoms with E-state index in [1.54, 1.807) is 23.1 Å². The second kappa shape index (κ2) is 8.27. The molecule has 1 aliphatic rings. The summed E-state index contributed by atoms with van der Waals surface area (Å²) < 4.78 is 25.2. The number of fused-ring (bicyclic) bond motifs is 2. The van der Waals surface area contributed by atoms with E-state index in [0.29, 0.717) is 41.7 Å². The highest BCUT2D eigenvalue weighted by atomic mass is 19.1.